The number of halogens is 1. The van der Waals surface area contributed by atoms with E-state index in [4.69, 9.17) is 16.0 Å². The van der Waals surface area contributed by atoms with Gasteiger partial charge in [0.25, 0.3) is 17.3 Å². The number of carbonyl (C=O) groups excluding carboxylic acids is 1. The van der Waals surface area contributed by atoms with Crippen molar-refractivity contribution in [3.05, 3.63) is 91.2 Å². The van der Waals surface area contributed by atoms with Crippen LogP contribution in [0, 0.1) is 20.2 Å². The number of benzene rings is 2. The summed E-state index contributed by atoms with van der Waals surface area (Å²) in [5.74, 6) is -0.200. The lowest BCUT2D eigenvalue weighted by Crippen LogP contribution is -2.17. The number of nitrogens with one attached hydrogen (secondary N) is 1. The van der Waals surface area contributed by atoms with Crippen LogP contribution in [0.4, 0.5) is 11.4 Å². The van der Waals surface area contributed by atoms with Crippen LogP contribution < -0.4 is 5.43 Å². The molecule has 1 amide bonds. The summed E-state index contributed by atoms with van der Waals surface area (Å²) in [6, 6.07) is 12.4. The number of hydrazone groups is 1. The summed E-state index contributed by atoms with van der Waals surface area (Å²) in [6.45, 7) is 0. The summed E-state index contributed by atoms with van der Waals surface area (Å²) in [5, 5.41) is 25.9. The number of nitro groups is 2. The van der Waals surface area contributed by atoms with E-state index >= 15 is 0 Å². The molecule has 2 aromatic carbocycles. The van der Waals surface area contributed by atoms with Gasteiger partial charge in [0.1, 0.15) is 11.5 Å². The molecule has 0 bridgehead atoms. The zero-order chi connectivity index (χ0) is 21.0. The number of hydrogen-bond acceptors (Lipinski definition) is 7. The van der Waals surface area contributed by atoms with E-state index in [-0.39, 0.29) is 39.0 Å². The van der Waals surface area contributed by atoms with Crippen LogP contribution in [0.25, 0.3) is 11.3 Å². The minimum atomic E-state index is -0.648. The molecule has 0 spiro atoms. The second-order valence-electron chi connectivity index (χ2n) is 5.63. The first kappa shape index (κ1) is 19.7. The van der Waals surface area contributed by atoms with Crippen molar-refractivity contribution in [1.82, 2.24) is 5.43 Å². The first-order valence-electron chi connectivity index (χ1n) is 7.97. The third kappa shape index (κ3) is 4.62. The fourth-order valence-electron chi connectivity index (χ4n) is 2.41. The van der Waals surface area contributed by atoms with Crippen molar-refractivity contribution in [3.63, 3.8) is 0 Å². The number of carbonyl (C=O) groups is 1. The Morgan fingerprint density at radius 2 is 1.86 bits per heavy atom. The monoisotopic (exact) mass is 414 g/mol. The molecule has 0 radical (unpaired) electrons. The summed E-state index contributed by atoms with van der Waals surface area (Å²) in [5.41, 5.74) is 2.09. The number of furan rings is 1. The van der Waals surface area contributed by atoms with E-state index in [1.54, 1.807) is 0 Å². The predicted octanol–water partition coefficient (Wildman–Crippen LogP) is 4.18. The number of amides is 1. The minimum absolute atomic E-state index is 0.0632. The molecular weight excluding hydrogens is 404 g/mol. The third-order valence-electron chi connectivity index (χ3n) is 3.73. The maximum absolute atomic E-state index is 12.0. The highest BCUT2D eigenvalue weighted by molar-refractivity contribution is 6.30. The molecule has 0 aliphatic rings. The predicted molar refractivity (Wildman–Crippen MR) is 104 cm³/mol. The first-order valence-corrected chi connectivity index (χ1v) is 8.35. The van der Waals surface area contributed by atoms with Crippen molar-refractivity contribution < 1.29 is 19.1 Å². The quantitative estimate of drug-likeness (QED) is 0.364. The summed E-state index contributed by atoms with van der Waals surface area (Å²) in [6.07, 6.45) is 1.19. The molecule has 0 aliphatic carbocycles. The van der Waals surface area contributed by atoms with E-state index in [2.05, 4.69) is 10.5 Å². The van der Waals surface area contributed by atoms with Gasteiger partial charge in [0, 0.05) is 28.8 Å². The van der Waals surface area contributed by atoms with Gasteiger partial charge in [-0.3, -0.25) is 25.0 Å². The molecule has 146 valence electrons. The van der Waals surface area contributed by atoms with Gasteiger partial charge >= 0.3 is 0 Å². The zero-order valence-electron chi connectivity index (χ0n) is 14.4. The lowest BCUT2D eigenvalue weighted by Gasteiger charge is -2.00. The van der Waals surface area contributed by atoms with Crippen LogP contribution in [0.5, 0.6) is 0 Å². The fraction of sp³-hybridized carbons (Fsp3) is 0. The van der Waals surface area contributed by atoms with E-state index < -0.39 is 15.8 Å². The van der Waals surface area contributed by atoms with E-state index in [1.807, 2.05) is 0 Å². The van der Waals surface area contributed by atoms with Gasteiger partial charge < -0.3 is 4.42 Å². The molecular formula is C18H11ClN4O6. The van der Waals surface area contributed by atoms with Gasteiger partial charge in [-0.1, -0.05) is 17.7 Å². The van der Waals surface area contributed by atoms with Crippen LogP contribution in [0.2, 0.25) is 5.02 Å². The van der Waals surface area contributed by atoms with Crippen molar-refractivity contribution in [3.8, 4) is 11.3 Å². The maximum Gasteiger partial charge on any atom is 0.281 e. The van der Waals surface area contributed by atoms with Crippen molar-refractivity contribution in [1.29, 1.82) is 0 Å². The van der Waals surface area contributed by atoms with Gasteiger partial charge in [0.05, 0.1) is 21.6 Å². The number of non-ortho nitro benzene ring substituents is 1. The number of hydrogen-bond donors (Lipinski definition) is 1. The second-order valence-corrected chi connectivity index (χ2v) is 6.06. The van der Waals surface area contributed by atoms with Crippen molar-refractivity contribution in [2.24, 2.45) is 5.10 Å². The van der Waals surface area contributed by atoms with E-state index in [9.17, 15) is 25.0 Å². The summed E-state index contributed by atoms with van der Waals surface area (Å²) < 4.78 is 5.50. The molecule has 10 nitrogen and oxygen atoms in total. The number of nitrogens with zero attached hydrogens (tertiary/aromatic N) is 3. The first-order chi connectivity index (χ1) is 13.8. The van der Waals surface area contributed by atoms with Crippen molar-refractivity contribution >= 4 is 35.1 Å². The molecule has 1 aromatic heterocycles. The second kappa shape index (κ2) is 8.31. The Hall–Kier alpha value is -4.05. The molecule has 0 saturated carbocycles. The average molecular weight is 415 g/mol. The lowest BCUT2D eigenvalue weighted by molar-refractivity contribution is -0.384. The highest BCUT2D eigenvalue weighted by atomic mass is 35.5. The Bertz CT molecular complexity index is 1140. The number of nitro benzene ring substituents is 2. The molecule has 3 aromatic rings. The Kier molecular flexibility index (Phi) is 5.65. The highest BCUT2D eigenvalue weighted by Crippen LogP contribution is 2.33. The van der Waals surface area contributed by atoms with Crippen LogP contribution in [0.15, 0.2) is 64.1 Å². The SMILES string of the molecule is O=C(N/N=C\c1ccc(-c2ccc(Cl)cc2[N+](=O)[O-])o1)c1cccc([N+](=O)[O-])c1. The molecule has 1 heterocycles. The summed E-state index contributed by atoms with van der Waals surface area (Å²) in [7, 11) is 0. The molecule has 3 rings (SSSR count). The van der Waals surface area contributed by atoms with Crippen LogP contribution >= 0.6 is 11.6 Å². The van der Waals surface area contributed by atoms with Crippen LogP contribution in [0.1, 0.15) is 16.1 Å². The molecule has 11 heteroatoms. The zero-order valence-corrected chi connectivity index (χ0v) is 15.2. The Morgan fingerprint density at radius 1 is 1.07 bits per heavy atom. The maximum atomic E-state index is 12.0. The van der Waals surface area contributed by atoms with E-state index in [0.717, 1.165) is 6.07 Å². The Morgan fingerprint density at radius 3 is 2.59 bits per heavy atom. The molecule has 0 aliphatic heterocycles. The molecule has 0 atom stereocenters. The topological polar surface area (TPSA) is 141 Å². The molecule has 0 saturated heterocycles. The van der Waals surface area contributed by atoms with Gasteiger partial charge in [-0.05, 0) is 30.3 Å². The smallest absolute Gasteiger partial charge is 0.281 e. The van der Waals surface area contributed by atoms with Gasteiger partial charge in [0.2, 0.25) is 0 Å². The molecule has 0 unspecified atom stereocenters. The van der Waals surface area contributed by atoms with Crippen molar-refractivity contribution in [2.75, 3.05) is 0 Å². The average Bonchev–Trinajstić information content (AvgIpc) is 3.16. The fourth-order valence-corrected chi connectivity index (χ4v) is 2.58. The standard InChI is InChI=1S/C18H11ClN4O6/c19-12-4-6-15(16(9-12)23(27)28)17-7-5-14(29-17)10-20-21-18(24)11-2-1-3-13(8-11)22(25)26/h1-10H,(H,21,24)/b20-10-. The largest absolute Gasteiger partial charge is 0.455 e. The highest BCUT2D eigenvalue weighted by Gasteiger charge is 2.18. The molecule has 0 fully saturated rings. The molecule has 29 heavy (non-hydrogen) atoms. The van der Waals surface area contributed by atoms with Gasteiger partial charge in [-0.2, -0.15) is 5.10 Å². The lowest BCUT2D eigenvalue weighted by atomic mass is 10.1. The van der Waals surface area contributed by atoms with Crippen molar-refractivity contribution in [2.45, 2.75) is 0 Å². The summed E-state index contributed by atoms with van der Waals surface area (Å²) in [4.78, 5) is 32.8. The van der Waals surface area contributed by atoms with Crippen LogP contribution in [0.3, 0.4) is 0 Å². The normalized spacial score (nSPS) is 10.8. The van der Waals surface area contributed by atoms with Crippen LogP contribution in [-0.4, -0.2) is 22.0 Å². The van der Waals surface area contributed by atoms with Gasteiger partial charge in [-0.15, -0.1) is 0 Å². The minimum Gasteiger partial charge on any atom is -0.455 e. The Labute approximate surface area is 167 Å². The number of rotatable bonds is 6. The Balaban J connectivity index is 1.73. The third-order valence-corrected chi connectivity index (χ3v) is 3.96. The van der Waals surface area contributed by atoms with Gasteiger partial charge in [-0.25, -0.2) is 5.43 Å². The van der Waals surface area contributed by atoms with Crippen LogP contribution in [-0.2, 0) is 0 Å². The van der Waals surface area contributed by atoms with E-state index in [0.29, 0.717) is 0 Å². The van der Waals surface area contributed by atoms with E-state index in [1.165, 1.54) is 54.7 Å². The van der Waals surface area contributed by atoms with Gasteiger partial charge in [0.15, 0.2) is 0 Å². The molecule has 1 N–H and O–H groups in total. The summed E-state index contributed by atoms with van der Waals surface area (Å²) >= 11 is 5.80.